The van der Waals surface area contributed by atoms with Crippen LogP contribution < -0.4 is 0 Å². The van der Waals surface area contributed by atoms with Crippen molar-refractivity contribution >= 4 is 95.3 Å². The standard InChI is InChI=1S/C56H34S2/c1-2-15-38-36(13-1)37-14-3-4-16-39(37)47-30-33(26-28-42(38)47)34-27-29-43-48(31-34)40-17-5-6-18-41(40)49(43)32-35-12-9-23-51-54(35)56-45(21-11-25-53(56)58-51)44-20-10-24-52-55(44)46-19-7-8-22-50(46)57-52/h1-31,49H,32H2. The fourth-order valence-corrected chi connectivity index (χ4v) is 12.7. The van der Waals surface area contributed by atoms with Gasteiger partial charge in [0.15, 0.2) is 0 Å². The normalized spacial score (nSPS) is 13.8. The lowest BCUT2D eigenvalue weighted by Crippen LogP contribution is -2.02. The van der Waals surface area contributed by atoms with Gasteiger partial charge in [0.2, 0.25) is 0 Å². The molecule has 0 bridgehead atoms. The molecular formula is C56H34S2. The number of fused-ring (bicyclic) bond motifs is 15. The summed E-state index contributed by atoms with van der Waals surface area (Å²) in [6.07, 6.45) is 0.946. The molecule has 1 unspecified atom stereocenters. The average Bonchev–Trinajstić information content (AvgIpc) is 3.96. The number of rotatable bonds is 4. The zero-order chi connectivity index (χ0) is 37.9. The highest BCUT2D eigenvalue weighted by Crippen LogP contribution is 2.51. The van der Waals surface area contributed by atoms with Crippen molar-refractivity contribution in [2.45, 2.75) is 12.3 Å². The molecule has 1 aliphatic rings. The maximum absolute atomic E-state index is 2.46. The van der Waals surface area contributed by atoms with E-state index in [2.05, 4.69) is 188 Å². The summed E-state index contributed by atoms with van der Waals surface area (Å²) in [5.74, 6) is 0.268. The smallest absolute Gasteiger partial charge is 0.0361 e. The molecular weight excluding hydrogens is 737 g/mol. The lowest BCUT2D eigenvalue weighted by molar-refractivity contribution is 0.833. The molecule has 0 amide bonds. The largest absolute Gasteiger partial charge is 0.135 e. The first-order chi connectivity index (χ1) is 28.8. The Hall–Kier alpha value is -6.58. The molecule has 2 heteroatoms. The first kappa shape index (κ1) is 32.5. The van der Waals surface area contributed by atoms with Crippen LogP contribution >= 0.6 is 22.7 Å². The van der Waals surface area contributed by atoms with Crippen LogP contribution in [0.15, 0.2) is 188 Å². The fourth-order valence-electron chi connectivity index (χ4n) is 10.3. The van der Waals surface area contributed by atoms with Crippen LogP contribution in [0.5, 0.6) is 0 Å². The van der Waals surface area contributed by atoms with Gasteiger partial charge in [0.1, 0.15) is 0 Å². The molecule has 1 aliphatic carbocycles. The Morgan fingerprint density at radius 2 is 0.810 bits per heavy atom. The molecule has 0 aliphatic heterocycles. The van der Waals surface area contributed by atoms with Gasteiger partial charge in [0.25, 0.3) is 0 Å². The number of hydrogen-bond donors (Lipinski definition) is 0. The van der Waals surface area contributed by atoms with E-state index in [1.165, 1.54) is 123 Å². The zero-order valence-corrected chi connectivity index (χ0v) is 33.1. The minimum atomic E-state index is 0.268. The van der Waals surface area contributed by atoms with Crippen LogP contribution in [0.2, 0.25) is 0 Å². The molecule has 0 saturated heterocycles. The van der Waals surface area contributed by atoms with E-state index >= 15 is 0 Å². The van der Waals surface area contributed by atoms with Gasteiger partial charge in [-0.25, -0.2) is 0 Å². The number of hydrogen-bond acceptors (Lipinski definition) is 2. The molecule has 58 heavy (non-hydrogen) atoms. The van der Waals surface area contributed by atoms with Gasteiger partial charge in [-0.3, -0.25) is 0 Å². The lowest BCUT2D eigenvalue weighted by atomic mass is 9.87. The third-order valence-corrected chi connectivity index (χ3v) is 15.1. The summed E-state index contributed by atoms with van der Waals surface area (Å²) < 4.78 is 5.40. The van der Waals surface area contributed by atoms with Crippen LogP contribution in [0.1, 0.15) is 22.6 Å². The van der Waals surface area contributed by atoms with Gasteiger partial charge in [-0.2, -0.15) is 0 Å². The van der Waals surface area contributed by atoms with Crippen molar-refractivity contribution in [3.05, 3.63) is 205 Å². The van der Waals surface area contributed by atoms with E-state index in [0.717, 1.165) is 6.42 Å². The van der Waals surface area contributed by atoms with Gasteiger partial charge < -0.3 is 0 Å². The lowest BCUT2D eigenvalue weighted by Gasteiger charge is -2.16. The summed E-state index contributed by atoms with van der Waals surface area (Å²) in [4.78, 5) is 0. The van der Waals surface area contributed by atoms with Crippen molar-refractivity contribution in [1.82, 2.24) is 0 Å². The van der Waals surface area contributed by atoms with Crippen LogP contribution in [0, 0.1) is 0 Å². The van der Waals surface area contributed by atoms with Gasteiger partial charge in [0, 0.05) is 46.3 Å². The second-order valence-electron chi connectivity index (χ2n) is 15.8. The van der Waals surface area contributed by atoms with Gasteiger partial charge >= 0.3 is 0 Å². The van der Waals surface area contributed by atoms with Gasteiger partial charge in [-0.1, -0.05) is 152 Å². The van der Waals surface area contributed by atoms with Crippen molar-refractivity contribution in [2.75, 3.05) is 0 Å². The minimum Gasteiger partial charge on any atom is -0.135 e. The highest BCUT2D eigenvalue weighted by atomic mass is 32.1. The molecule has 10 aromatic carbocycles. The Kier molecular flexibility index (Phi) is 6.98. The molecule has 0 radical (unpaired) electrons. The van der Waals surface area contributed by atoms with Crippen molar-refractivity contribution in [1.29, 1.82) is 0 Å². The third-order valence-electron chi connectivity index (χ3n) is 12.9. The first-order valence-electron chi connectivity index (χ1n) is 20.2. The maximum atomic E-state index is 2.46. The topological polar surface area (TPSA) is 0 Å². The second-order valence-corrected chi connectivity index (χ2v) is 18.0. The van der Waals surface area contributed by atoms with Crippen molar-refractivity contribution < 1.29 is 0 Å². The van der Waals surface area contributed by atoms with Crippen LogP contribution in [0.25, 0.3) is 106 Å². The molecule has 0 nitrogen and oxygen atoms in total. The summed E-state index contributed by atoms with van der Waals surface area (Å²) >= 11 is 3.82. The maximum Gasteiger partial charge on any atom is 0.0361 e. The SMILES string of the molecule is c1ccc2c(c1)-c1cc(-c3ccc4c5ccccc5c5ccccc5c4c3)ccc1C2Cc1cccc2sc3cccc(-c4cccc5sc6ccccc6c45)c3c12. The third kappa shape index (κ3) is 4.68. The molecule has 0 fully saturated rings. The van der Waals surface area contributed by atoms with Crippen LogP contribution in [0.3, 0.4) is 0 Å². The van der Waals surface area contributed by atoms with E-state index in [0.29, 0.717) is 0 Å². The van der Waals surface area contributed by atoms with Gasteiger partial charge in [-0.15, -0.1) is 22.7 Å². The molecule has 1 atom stereocenters. The highest BCUT2D eigenvalue weighted by molar-refractivity contribution is 7.26. The quantitative estimate of drug-likeness (QED) is 0.156. The summed E-state index contributed by atoms with van der Waals surface area (Å²) in [5.41, 5.74) is 12.2. The van der Waals surface area contributed by atoms with Crippen molar-refractivity contribution in [3.63, 3.8) is 0 Å². The van der Waals surface area contributed by atoms with E-state index in [-0.39, 0.29) is 5.92 Å². The summed E-state index contributed by atoms with van der Waals surface area (Å²) in [5, 5.41) is 13.4. The molecule has 270 valence electrons. The Morgan fingerprint density at radius 1 is 0.310 bits per heavy atom. The minimum absolute atomic E-state index is 0.268. The molecule has 13 rings (SSSR count). The predicted octanol–water partition coefficient (Wildman–Crippen LogP) is 16.6. The first-order valence-corrected chi connectivity index (χ1v) is 21.8. The van der Waals surface area contributed by atoms with Gasteiger partial charge in [-0.05, 0) is 125 Å². The van der Waals surface area contributed by atoms with Crippen LogP contribution in [-0.4, -0.2) is 0 Å². The Balaban J connectivity index is 0.958. The van der Waals surface area contributed by atoms with Gasteiger partial charge in [0.05, 0.1) is 0 Å². The number of benzene rings is 10. The summed E-state index contributed by atoms with van der Waals surface area (Å²) in [6.45, 7) is 0. The van der Waals surface area contributed by atoms with Crippen LogP contribution in [-0.2, 0) is 6.42 Å². The molecule has 2 heterocycles. The summed E-state index contributed by atoms with van der Waals surface area (Å²) in [6, 6.07) is 70.8. The van der Waals surface area contributed by atoms with E-state index in [4.69, 9.17) is 0 Å². The Labute approximate surface area is 343 Å². The average molecular weight is 771 g/mol. The molecule has 0 spiro atoms. The molecule has 0 N–H and O–H groups in total. The molecule has 0 saturated carbocycles. The van der Waals surface area contributed by atoms with Crippen LogP contribution in [0.4, 0.5) is 0 Å². The molecule has 12 aromatic rings. The fraction of sp³-hybridized carbons (Fsp3) is 0.0357. The number of thiophene rings is 2. The zero-order valence-electron chi connectivity index (χ0n) is 31.5. The van der Waals surface area contributed by atoms with Crippen molar-refractivity contribution in [3.8, 4) is 33.4 Å². The van der Waals surface area contributed by atoms with E-state index in [1.54, 1.807) is 0 Å². The van der Waals surface area contributed by atoms with E-state index < -0.39 is 0 Å². The second kappa shape index (κ2) is 12.5. The monoisotopic (exact) mass is 770 g/mol. The highest BCUT2D eigenvalue weighted by Gasteiger charge is 2.30. The van der Waals surface area contributed by atoms with Crippen molar-refractivity contribution in [2.24, 2.45) is 0 Å². The molecule has 2 aromatic heterocycles. The Bertz CT molecular complexity index is 3640. The van der Waals surface area contributed by atoms with E-state index in [1.807, 2.05) is 22.7 Å². The Morgan fingerprint density at radius 3 is 1.59 bits per heavy atom. The summed E-state index contributed by atoms with van der Waals surface area (Å²) in [7, 11) is 0. The predicted molar refractivity (Wildman–Crippen MR) is 253 cm³/mol. The van der Waals surface area contributed by atoms with E-state index in [9.17, 15) is 0 Å².